The van der Waals surface area contributed by atoms with Gasteiger partial charge >= 0.3 is 23.9 Å². The fourth-order valence-electron chi connectivity index (χ4n) is 3.57. The van der Waals surface area contributed by atoms with E-state index in [-0.39, 0.29) is 31.8 Å². The van der Waals surface area contributed by atoms with Gasteiger partial charge in [0.25, 0.3) is 17.7 Å². The highest BCUT2D eigenvalue weighted by atomic mass is 16.4. The van der Waals surface area contributed by atoms with Gasteiger partial charge in [0.1, 0.15) is 5.57 Å². The Hall–Kier alpha value is -3.93. The topological polar surface area (TPSA) is 251 Å². The number of nitrogens with two attached hydrogens (primary N) is 1. The van der Waals surface area contributed by atoms with Gasteiger partial charge in [-0.1, -0.05) is 0 Å². The molecule has 2 rings (SSSR count). The molecule has 1 fully saturated rings. The van der Waals surface area contributed by atoms with Crippen molar-refractivity contribution in [1.82, 2.24) is 24.9 Å². The molecular weight excluding hydrogens is 512 g/mol. The van der Waals surface area contributed by atoms with Gasteiger partial charge in [-0.2, -0.15) is 0 Å². The van der Waals surface area contributed by atoms with Crippen molar-refractivity contribution in [3.8, 4) is 0 Å². The number of hydrogen-bond donors (Lipinski definition) is 6. The second-order valence-corrected chi connectivity index (χ2v) is 8.42. The molecule has 2 aliphatic rings. The molecule has 0 aliphatic carbocycles. The Labute approximate surface area is 217 Å². The number of primary amides is 1. The Morgan fingerprint density at radius 3 is 1.03 bits per heavy atom. The van der Waals surface area contributed by atoms with E-state index in [0.717, 1.165) is 6.08 Å². The van der Waals surface area contributed by atoms with Crippen molar-refractivity contribution in [2.75, 3.05) is 78.5 Å². The largest absolute Gasteiger partial charge is 0.480 e. The number of hydrogen-bond acceptors (Lipinski definition) is 11. The number of amides is 3. The molecule has 0 aromatic rings. The van der Waals surface area contributed by atoms with E-state index in [9.17, 15) is 33.6 Å². The lowest BCUT2D eigenvalue weighted by atomic mass is 10.3. The van der Waals surface area contributed by atoms with E-state index in [2.05, 4.69) is 0 Å². The monoisotopic (exact) mass is 544 g/mol. The van der Waals surface area contributed by atoms with E-state index in [1.807, 2.05) is 5.32 Å². The van der Waals surface area contributed by atoms with Crippen LogP contribution in [-0.2, 0) is 33.6 Å². The Kier molecular flexibility index (Phi) is 13.5. The van der Waals surface area contributed by atoms with Gasteiger partial charge in [0.2, 0.25) is 0 Å². The van der Waals surface area contributed by atoms with E-state index < -0.39 is 41.6 Å². The Bertz CT molecular complexity index is 842. The fourth-order valence-corrected chi connectivity index (χ4v) is 3.57. The van der Waals surface area contributed by atoms with Crippen molar-refractivity contribution in [3.63, 3.8) is 0 Å². The van der Waals surface area contributed by atoms with Crippen LogP contribution in [0.1, 0.15) is 0 Å². The minimum absolute atomic E-state index is 0.229. The summed E-state index contributed by atoms with van der Waals surface area (Å²) in [7, 11) is 0. The number of carboxylic acid groups (broad SMARTS) is 4. The molecule has 3 amide bonds. The van der Waals surface area contributed by atoms with Gasteiger partial charge < -0.3 is 26.2 Å². The van der Waals surface area contributed by atoms with Crippen LogP contribution >= 0.6 is 0 Å². The lowest BCUT2D eigenvalue weighted by Crippen LogP contribution is -2.49. The molecule has 0 aromatic heterocycles. The predicted molar refractivity (Wildman–Crippen MR) is 127 cm³/mol. The summed E-state index contributed by atoms with van der Waals surface area (Å²) in [5.41, 5.74) is 4.44. The maximum atomic E-state index is 11.1. The average molecular weight is 545 g/mol. The lowest BCUT2D eigenvalue weighted by Gasteiger charge is -2.32. The first-order chi connectivity index (χ1) is 17.8. The zero-order valence-electron chi connectivity index (χ0n) is 20.6. The number of imide groups is 1. The van der Waals surface area contributed by atoms with Crippen LogP contribution in [-0.4, -0.2) is 160 Å². The molecule has 0 spiro atoms. The molecule has 1 saturated heterocycles. The molecule has 0 saturated carbocycles. The van der Waals surface area contributed by atoms with Crippen molar-refractivity contribution >= 4 is 41.6 Å². The average Bonchev–Trinajstić information content (AvgIpc) is 3.13. The molecule has 17 heteroatoms. The SMILES string of the molecule is NC(=O)C1=CC(=O)NC1=O.O=C(O)CN1CCN(CC(=O)O)CCN(CC(=O)O)CCN(CC(=O)O)CC1. The van der Waals surface area contributed by atoms with Crippen LogP contribution in [0.3, 0.4) is 0 Å². The molecular formula is C21H32N6O11. The van der Waals surface area contributed by atoms with Gasteiger partial charge in [-0.15, -0.1) is 0 Å². The van der Waals surface area contributed by atoms with Gasteiger partial charge in [0.15, 0.2) is 0 Å². The van der Waals surface area contributed by atoms with Crippen LogP contribution < -0.4 is 11.1 Å². The van der Waals surface area contributed by atoms with E-state index in [1.54, 1.807) is 19.6 Å². The van der Waals surface area contributed by atoms with Gasteiger partial charge in [0.05, 0.1) is 26.2 Å². The third-order valence-corrected chi connectivity index (χ3v) is 5.39. The lowest BCUT2D eigenvalue weighted by molar-refractivity contribution is -0.141. The van der Waals surface area contributed by atoms with Crippen molar-refractivity contribution in [2.45, 2.75) is 0 Å². The van der Waals surface area contributed by atoms with E-state index in [4.69, 9.17) is 26.2 Å². The standard InChI is InChI=1S/C16H28N4O8.C5H4N2O3/c21-13(22)9-17-1-2-18(10-14(23)24)5-6-20(12-16(27)28)8-7-19(4-3-17)11-15(25)26;6-4(9)2-1-3(8)7-5(2)10/h1-12H2,(H,21,22)(H,23,24)(H,25,26)(H,27,28);1H,(H2,6,9)(H,7,8,10). The highest BCUT2D eigenvalue weighted by molar-refractivity contribution is 6.29. The first kappa shape index (κ1) is 32.1. The van der Waals surface area contributed by atoms with Crippen LogP contribution in [0.5, 0.6) is 0 Å². The molecule has 0 bridgehead atoms. The molecule has 0 atom stereocenters. The quantitative estimate of drug-likeness (QED) is 0.118. The Balaban J connectivity index is 0.000000600. The predicted octanol–water partition coefficient (Wildman–Crippen LogP) is -4.40. The summed E-state index contributed by atoms with van der Waals surface area (Å²) in [6, 6.07) is 0. The number of carboxylic acids is 4. The van der Waals surface area contributed by atoms with Crippen molar-refractivity contribution in [3.05, 3.63) is 11.6 Å². The molecule has 7 N–H and O–H groups in total. The first-order valence-corrected chi connectivity index (χ1v) is 11.4. The van der Waals surface area contributed by atoms with Crippen LogP contribution in [0.25, 0.3) is 0 Å². The zero-order valence-corrected chi connectivity index (χ0v) is 20.6. The molecule has 38 heavy (non-hydrogen) atoms. The van der Waals surface area contributed by atoms with E-state index in [1.165, 1.54) is 0 Å². The summed E-state index contributed by atoms with van der Waals surface area (Å²) in [5.74, 6) is -6.29. The van der Waals surface area contributed by atoms with Crippen LogP contribution in [0.15, 0.2) is 11.6 Å². The Morgan fingerprint density at radius 2 is 0.895 bits per heavy atom. The van der Waals surface area contributed by atoms with Gasteiger partial charge in [-0.25, -0.2) is 0 Å². The molecule has 212 valence electrons. The van der Waals surface area contributed by atoms with Crippen LogP contribution in [0, 0.1) is 0 Å². The molecule has 0 unspecified atom stereocenters. The highest BCUT2D eigenvalue weighted by Gasteiger charge is 2.24. The number of carbonyl (C=O) groups excluding carboxylic acids is 3. The van der Waals surface area contributed by atoms with Gasteiger partial charge in [-0.05, 0) is 0 Å². The Morgan fingerprint density at radius 1 is 0.632 bits per heavy atom. The minimum Gasteiger partial charge on any atom is -0.480 e. The summed E-state index contributed by atoms with van der Waals surface area (Å²) in [5, 5.41) is 38.2. The van der Waals surface area contributed by atoms with Crippen molar-refractivity contribution < 1.29 is 54.0 Å². The van der Waals surface area contributed by atoms with Crippen LogP contribution in [0.2, 0.25) is 0 Å². The number of rotatable bonds is 9. The molecule has 2 heterocycles. The third kappa shape index (κ3) is 13.4. The normalized spacial score (nSPS) is 18.7. The number of nitrogens with zero attached hydrogens (tertiary/aromatic N) is 4. The number of aliphatic carboxylic acids is 4. The summed E-state index contributed by atoms with van der Waals surface area (Å²) in [6.45, 7) is 1.52. The smallest absolute Gasteiger partial charge is 0.317 e. The maximum absolute atomic E-state index is 11.1. The van der Waals surface area contributed by atoms with E-state index in [0.29, 0.717) is 52.4 Å². The minimum atomic E-state index is -1.02. The van der Waals surface area contributed by atoms with Crippen molar-refractivity contribution in [2.24, 2.45) is 5.73 Å². The molecule has 17 nitrogen and oxygen atoms in total. The maximum Gasteiger partial charge on any atom is 0.317 e. The second-order valence-electron chi connectivity index (χ2n) is 8.42. The summed E-state index contributed by atoms with van der Waals surface area (Å²) < 4.78 is 0. The van der Waals surface area contributed by atoms with Gasteiger partial charge in [-0.3, -0.25) is 58.5 Å². The highest BCUT2D eigenvalue weighted by Crippen LogP contribution is 2.02. The van der Waals surface area contributed by atoms with E-state index >= 15 is 0 Å². The molecule has 0 aromatic carbocycles. The number of carbonyl (C=O) groups is 7. The zero-order chi connectivity index (χ0) is 28.8. The molecule has 2 aliphatic heterocycles. The summed E-state index contributed by atoms with van der Waals surface area (Å²) >= 11 is 0. The molecule has 0 radical (unpaired) electrons. The first-order valence-electron chi connectivity index (χ1n) is 11.4. The fraction of sp³-hybridized carbons (Fsp3) is 0.571. The third-order valence-electron chi connectivity index (χ3n) is 5.39. The van der Waals surface area contributed by atoms with Crippen LogP contribution in [0.4, 0.5) is 0 Å². The van der Waals surface area contributed by atoms with Gasteiger partial charge in [0, 0.05) is 58.4 Å². The summed E-state index contributed by atoms with van der Waals surface area (Å²) in [6.07, 6.45) is 0.880. The number of nitrogens with one attached hydrogen (secondary N) is 1. The summed E-state index contributed by atoms with van der Waals surface area (Å²) in [4.78, 5) is 82.1. The second kappa shape index (κ2) is 16.0. The van der Waals surface area contributed by atoms with Crippen molar-refractivity contribution in [1.29, 1.82) is 0 Å².